The lowest BCUT2D eigenvalue weighted by Crippen LogP contribution is -2.49. The number of nitrogens with one attached hydrogen (secondary N) is 1. The molecule has 0 radical (unpaired) electrons. The maximum Gasteiger partial charge on any atom is 0.257 e. The molecule has 3 aliphatic carbocycles. The highest BCUT2D eigenvalue weighted by Gasteiger charge is 2.63. The number of carbonyl (C=O) groups is 2. The lowest BCUT2D eigenvalue weighted by molar-refractivity contribution is -0.129. The molecular weight excluding hydrogens is 486 g/mol. The van der Waals surface area contributed by atoms with Crippen LogP contribution in [0.3, 0.4) is 0 Å². The van der Waals surface area contributed by atoms with E-state index in [9.17, 15) is 14.7 Å². The Balaban J connectivity index is 1.61. The SMILES string of the molecule is C=CC(C)=CC1(C)C=C(C)C2C3CC(C)CC(C)C3C3Oc4ccc(cc4)CC4(O)C=C(C(=O)N4)C(=O)C1C32. The summed E-state index contributed by atoms with van der Waals surface area (Å²) in [5.74, 6) is 1.47. The molecule has 2 N–H and O–H groups in total. The Bertz CT molecular complexity index is 1320. The molecule has 5 nitrogen and oxygen atoms in total. The van der Waals surface area contributed by atoms with Crippen molar-refractivity contribution in [2.24, 2.45) is 46.8 Å². The van der Waals surface area contributed by atoms with Gasteiger partial charge < -0.3 is 15.2 Å². The number of allylic oxidation sites excluding steroid dienone is 5. The molecule has 2 saturated carbocycles. The molecule has 1 aromatic rings. The van der Waals surface area contributed by atoms with Crippen molar-refractivity contribution in [2.45, 2.75) is 65.7 Å². The van der Waals surface area contributed by atoms with Crippen LogP contribution in [0.25, 0.3) is 0 Å². The quantitative estimate of drug-likeness (QED) is 0.300. The molecule has 0 spiro atoms. The van der Waals surface area contributed by atoms with Crippen LogP contribution in [0.15, 0.2) is 71.9 Å². The molecule has 2 fully saturated rings. The molecule has 1 aromatic carbocycles. The van der Waals surface area contributed by atoms with E-state index < -0.39 is 23.0 Å². The Morgan fingerprint density at radius 1 is 1.13 bits per heavy atom. The van der Waals surface area contributed by atoms with E-state index in [-0.39, 0.29) is 35.7 Å². The number of hydrogen-bond donors (Lipinski definition) is 2. The van der Waals surface area contributed by atoms with Crippen LogP contribution in [0.1, 0.15) is 53.0 Å². The van der Waals surface area contributed by atoms with Crippen molar-refractivity contribution in [2.75, 3.05) is 0 Å². The van der Waals surface area contributed by atoms with Gasteiger partial charge in [0.25, 0.3) is 5.91 Å². The summed E-state index contributed by atoms with van der Waals surface area (Å²) in [7, 11) is 0. The fourth-order valence-electron chi connectivity index (χ4n) is 9.26. The zero-order chi connectivity index (χ0) is 27.9. The van der Waals surface area contributed by atoms with Gasteiger partial charge in [-0.1, -0.05) is 68.9 Å². The highest BCUT2D eigenvalue weighted by molar-refractivity contribution is 6.22. The zero-order valence-corrected chi connectivity index (χ0v) is 23.7. The van der Waals surface area contributed by atoms with Gasteiger partial charge in [0, 0.05) is 29.6 Å². The maximum atomic E-state index is 14.7. The van der Waals surface area contributed by atoms with Crippen molar-refractivity contribution in [3.63, 3.8) is 0 Å². The third-order valence-corrected chi connectivity index (χ3v) is 10.4. The molecule has 0 aromatic heterocycles. The molecule has 5 heteroatoms. The third-order valence-electron chi connectivity index (χ3n) is 10.4. The Kier molecular flexibility index (Phi) is 6.11. The van der Waals surface area contributed by atoms with Crippen LogP contribution < -0.4 is 10.1 Å². The van der Waals surface area contributed by atoms with Crippen LogP contribution in [0.4, 0.5) is 0 Å². The summed E-state index contributed by atoms with van der Waals surface area (Å²) in [6.07, 6.45) is 9.98. The first-order valence-corrected chi connectivity index (χ1v) is 14.5. The minimum atomic E-state index is -1.60. The number of amides is 1. The van der Waals surface area contributed by atoms with Gasteiger partial charge in [0.05, 0.1) is 5.57 Å². The van der Waals surface area contributed by atoms with Crippen LogP contribution >= 0.6 is 0 Å². The second-order valence-corrected chi connectivity index (χ2v) is 13.4. The minimum Gasteiger partial charge on any atom is -0.490 e. The summed E-state index contributed by atoms with van der Waals surface area (Å²) < 4.78 is 6.97. The molecule has 4 bridgehead atoms. The Hall–Kier alpha value is -2.92. The normalized spacial score (nSPS) is 43.1. The van der Waals surface area contributed by atoms with Crippen LogP contribution in [-0.2, 0) is 16.0 Å². The van der Waals surface area contributed by atoms with Crippen LogP contribution in [0, 0.1) is 46.8 Å². The fourth-order valence-corrected chi connectivity index (χ4v) is 9.26. The van der Waals surface area contributed by atoms with Gasteiger partial charge in [-0.2, -0.15) is 0 Å². The Morgan fingerprint density at radius 2 is 1.85 bits per heavy atom. The van der Waals surface area contributed by atoms with Gasteiger partial charge >= 0.3 is 0 Å². The number of rotatable bonds is 2. The van der Waals surface area contributed by atoms with Gasteiger partial charge in [0.15, 0.2) is 11.5 Å². The van der Waals surface area contributed by atoms with Gasteiger partial charge in [-0.3, -0.25) is 9.59 Å². The van der Waals surface area contributed by atoms with Gasteiger partial charge in [-0.15, -0.1) is 0 Å². The molecule has 39 heavy (non-hydrogen) atoms. The van der Waals surface area contributed by atoms with E-state index in [0.29, 0.717) is 23.7 Å². The van der Waals surface area contributed by atoms with E-state index in [4.69, 9.17) is 4.74 Å². The zero-order valence-electron chi connectivity index (χ0n) is 23.7. The standard InChI is InChI=1S/C34H41NO4/c1-7-18(2)14-33(6)15-21(5)26-24-13-19(3)12-20(4)27(24)31-28(26)29(33)30(36)25-17-34(38,35-32(25)37)16-22-8-10-23(39-31)11-9-22/h7-11,14-15,17,19-20,24,26-29,31,38H,1,12-13,16H2,2-6H3,(H,35,37). The molecule has 0 saturated heterocycles. The number of fused-ring (bicyclic) bond motifs is 4. The lowest BCUT2D eigenvalue weighted by atomic mass is 9.57. The molecule has 3 aliphatic heterocycles. The maximum absolute atomic E-state index is 14.7. The first-order valence-electron chi connectivity index (χ1n) is 14.5. The smallest absolute Gasteiger partial charge is 0.257 e. The topological polar surface area (TPSA) is 75.6 Å². The molecule has 206 valence electrons. The molecule has 3 heterocycles. The van der Waals surface area contributed by atoms with Crippen molar-refractivity contribution >= 4 is 11.7 Å². The van der Waals surface area contributed by atoms with Gasteiger partial charge in [0.1, 0.15) is 11.9 Å². The van der Waals surface area contributed by atoms with Gasteiger partial charge in [-0.05, 0) is 74.1 Å². The molecule has 10 atom stereocenters. The molecule has 10 unspecified atom stereocenters. The summed E-state index contributed by atoms with van der Waals surface area (Å²) in [5.41, 5.74) is 0.978. The molecule has 6 aliphatic rings. The second kappa shape index (κ2) is 9.05. The number of hydrogen-bond acceptors (Lipinski definition) is 4. The third kappa shape index (κ3) is 4.16. The van der Waals surface area contributed by atoms with Gasteiger partial charge in [-0.25, -0.2) is 0 Å². The predicted octanol–water partition coefficient (Wildman–Crippen LogP) is 5.56. The van der Waals surface area contributed by atoms with E-state index in [1.165, 1.54) is 11.6 Å². The summed E-state index contributed by atoms with van der Waals surface area (Å²) in [6.45, 7) is 15.0. The summed E-state index contributed by atoms with van der Waals surface area (Å²) in [5, 5.41) is 14.1. The van der Waals surface area contributed by atoms with Crippen molar-refractivity contribution in [3.05, 3.63) is 77.4 Å². The monoisotopic (exact) mass is 527 g/mol. The van der Waals surface area contributed by atoms with E-state index in [2.05, 4.69) is 51.7 Å². The highest BCUT2D eigenvalue weighted by Crippen LogP contribution is 2.63. The molecule has 1 amide bonds. The van der Waals surface area contributed by atoms with E-state index in [1.807, 2.05) is 37.3 Å². The molecular formula is C34H41NO4. The largest absolute Gasteiger partial charge is 0.490 e. The second-order valence-electron chi connectivity index (χ2n) is 13.4. The predicted molar refractivity (Wildman–Crippen MR) is 152 cm³/mol. The van der Waals surface area contributed by atoms with E-state index in [0.717, 1.165) is 29.7 Å². The number of ketones is 1. The number of Topliss-reactive ketones (excluding diaryl/α,β-unsaturated/α-hetero) is 1. The lowest BCUT2D eigenvalue weighted by Gasteiger charge is -2.46. The average Bonchev–Trinajstić information content (AvgIpc) is 3.33. The first kappa shape index (κ1) is 26.3. The Labute approximate surface area is 232 Å². The number of carbonyl (C=O) groups excluding carboxylic acids is 2. The first-order chi connectivity index (χ1) is 18.4. The minimum absolute atomic E-state index is 0.0649. The number of benzene rings is 1. The molecule has 7 rings (SSSR count). The van der Waals surface area contributed by atoms with Crippen LogP contribution in [-0.4, -0.2) is 28.6 Å². The van der Waals surface area contributed by atoms with E-state index in [1.54, 1.807) is 0 Å². The van der Waals surface area contributed by atoms with Gasteiger partial charge in [0.2, 0.25) is 0 Å². The van der Waals surface area contributed by atoms with Crippen LogP contribution in [0.2, 0.25) is 0 Å². The number of ether oxygens (including phenoxy) is 1. The summed E-state index contributed by atoms with van der Waals surface area (Å²) in [4.78, 5) is 28.0. The summed E-state index contributed by atoms with van der Waals surface area (Å²) in [6, 6.07) is 7.84. The average molecular weight is 528 g/mol. The van der Waals surface area contributed by atoms with Crippen molar-refractivity contribution < 1.29 is 19.4 Å². The van der Waals surface area contributed by atoms with Crippen molar-refractivity contribution in [1.29, 1.82) is 0 Å². The summed E-state index contributed by atoms with van der Waals surface area (Å²) >= 11 is 0. The highest BCUT2D eigenvalue weighted by atomic mass is 16.5. The van der Waals surface area contributed by atoms with Crippen molar-refractivity contribution in [3.8, 4) is 5.75 Å². The van der Waals surface area contributed by atoms with Crippen molar-refractivity contribution in [1.82, 2.24) is 5.32 Å². The number of aliphatic hydroxyl groups is 1. The van der Waals surface area contributed by atoms with Crippen LogP contribution in [0.5, 0.6) is 5.75 Å². The van der Waals surface area contributed by atoms with E-state index >= 15 is 0 Å². The fraction of sp³-hybridized carbons (Fsp3) is 0.529. The Morgan fingerprint density at radius 3 is 2.54 bits per heavy atom.